The highest BCUT2D eigenvalue weighted by molar-refractivity contribution is 14.1. The van der Waals surface area contributed by atoms with Crippen LogP contribution in [0, 0.1) is 17.4 Å². The number of benzene rings is 1. The maximum Gasteiger partial charge on any atom is 0.264 e. The summed E-state index contributed by atoms with van der Waals surface area (Å²) in [5.41, 5.74) is 3.91. The lowest BCUT2D eigenvalue weighted by molar-refractivity contribution is 0.562. The van der Waals surface area contributed by atoms with Gasteiger partial charge < -0.3 is 4.98 Å². The van der Waals surface area contributed by atoms with Gasteiger partial charge in [0.2, 0.25) is 0 Å². The van der Waals surface area contributed by atoms with Crippen molar-refractivity contribution in [3.63, 3.8) is 0 Å². The second kappa shape index (κ2) is 5.31. The molecule has 0 bridgehead atoms. The minimum atomic E-state index is -0.154. The van der Waals surface area contributed by atoms with Crippen LogP contribution in [-0.2, 0) is 5.41 Å². The first-order valence-electron chi connectivity index (χ1n) is 6.57. The number of aryl methyl sites for hydroxylation is 2. The summed E-state index contributed by atoms with van der Waals surface area (Å²) >= 11 is 2.07. The van der Waals surface area contributed by atoms with Crippen molar-refractivity contribution in [3.8, 4) is 11.4 Å². The fourth-order valence-corrected chi connectivity index (χ4v) is 3.27. The Morgan fingerprint density at radius 3 is 2.15 bits per heavy atom. The first-order chi connectivity index (χ1) is 9.18. The number of nitrogens with one attached hydrogen (secondary N) is 1. The van der Waals surface area contributed by atoms with Gasteiger partial charge in [0, 0.05) is 11.0 Å². The molecule has 2 rings (SSSR count). The number of rotatable bonds is 1. The van der Waals surface area contributed by atoms with E-state index in [-0.39, 0.29) is 11.0 Å². The van der Waals surface area contributed by atoms with Crippen LogP contribution in [-0.4, -0.2) is 9.97 Å². The molecule has 0 atom stereocenters. The third-order valence-electron chi connectivity index (χ3n) is 3.07. The van der Waals surface area contributed by atoms with Crippen LogP contribution in [0.1, 0.15) is 37.6 Å². The van der Waals surface area contributed by atoms with Gasteiger partial charge in [-0.15, -0.1) is 0 Å². The molecule has 20 heavy (non-hydrogen) atoms. The number of H-pyrrole nitrogens is 1. The Morgan fingerprint density at radius 1 is 1.10 bits per heavy atom. The summed E-state index contributed by atoms with van der Waals surface area (Å²) in [6.45, 7) is 10.3. The summed E-state index contributed by atoms with van der Waals surface area (Å²) in [5, 5.41) is 0. The van der Waals surface area contributed by atoms with E-state index >= 15 is 0 Å². The summed E-state index contributed by atoms with van der Waals surface area (Å²) < 4.78 is 0.670. The highest BCUT2D eigenvalue weighted by atomic mass is 127. The average molecular weight is 382 g/mol. The molecular formula is C16H19IN2O. The lowest BCUT2D eigenvalue weighted by Crippen LogP contribution is -2.24. The predicted molar refractivity (Wildman–Crippen MR) is 91.2 cm³/mol. The topological polar surface area (TPSA) is 45.8 Å². The number of aromatic amines is 1. The summed E-state index contributed by atoms with van der Waals surface area (Å²) in [6.07, 6.45) is 0. The van der Waals surface area contributed by atoms with Crippen molar-refractivity contribution in [2.24, 2.45) is 0 Å². The summed E-state index contributed by atoms with van der Waals surface area (Å²) in [6, 6.07) is 6.20. The maximum absolute atomic E-state index is 12.1. The van der Waals surface area contributed by atoms with Crippen LogP contribution < -0.4 is 5.56 Å². The standard InChI is InChI=1S/C16H19IN2O/c1-9-6-10(2)8-11(7-9)14-18-13(16(3,4)5)12(17)15(20)19-14/h6-8H,1-5H3,(H,18,19,20). The highest BCUT2D eigenvalue weighted by Gasteiger charge is 2.22. The summed E-state index contributed by atoms with van der Waals surface area (Å²) in [4.78, 5) is 19.7. The van der Waals surface area contributed by atoms with Crippen LogP contribution in [0.4, 0.5) is 0 Å². The fraction of sp³-hybridized carbons (Fsp3) is 0.375. The molecule has 0 saturated heterocycles. The van der Waals surface area contributed by atoms with Crippen molar-refractivity contribution >= 4 is 22.6 Å². The first kappa shape index (κ1) is 15.2. The molecular weight excluding hydrogens is 363 g/mol. The van der Waals surface area contributed by atoms with Gasteiger partial charge >= 0.3 is 0 Å². The van der Waals surface area contributed by atoms with Gasteiger partial charge in [0.05, 0.1) is 5.69 Å². The van der Waals surface area contributed by atoms with E-state index in [1.807, 2.05) is 26.0 Å². The molecule has 0 radical (unpaired) electrons. The van der Waals surface area contributed by atoms with E-state index in [1.165, 1.54) is 11.1 Å². The SMILES string of the molecule is Cc1cc(C)cc(-c2nc(C(C)(C)C)c(I)c(=O)[nH]2)c1. The van der Waals surface area contributed by atoms with Gasteiger partial charge in [-0.2, -0.15) is 0 Å². The Labute approximate surface area is 133 Å². The Morgan fingerprint density at radius 2 is 1.65 bits per heavy atom. The number of hydrogen-bond donors (Lipinski definition) is 1. The van der Waals surface area contributed by atoms with Gasteiger partial charge in [0.15, 0.2) is 0 Å². The van der Waals surface area contributed by atoms with Crippen molar-refractivity contribution in [2.75, 3.05) is 0 Å². The second-order valence-corrected chi connectivity index (χ2v) is 7.28. The third-order valence-corrected chi connectivity index (χ3v) is 4.07. The molecule has 1 N–H and O–H groups in total. The van der Waals surface area contributed by atoms with Crippen LogP contribution in [0.5, 0.6) is 0 Å². The Bertz CT molecular complexity index is 691. The predicted octanol–water partition coefficient (Wildman–Crippen LogP) is 3.96. The number of nitrogens with zero attached hydrogens (tertiary/aromatic N) is 1. The number of hydrogen-bond acceptors (Lipinski definition) is 2. The van der Waals surface area contributed by atoms with E-state index in [0.717, 1.165) is 11.3 Å². The molecule has 0 amide bonds. The zero-order chi connectivity index (χ0) is 15.1. The molecule has 0 aliphatic heterocycles. The van der Waals surface area contributed by atoms with E-state index < -0.39 is 0 Å². The maximum atomic E-state index is 12.1. The molecule has 0 saturated carbocycles. The van der Waals surface area contributed by atoms with Gasteiger partial charge in [-0.1, -0.05) is 38.0 Å². The Balaban J connectivity index is 2.70. The van der Waals surface area contributed by atoms with Gasteiger partial charge in [-0.25, -0.2) is 4.98 Å². The fourth-order valence-electron chi connectivity index (χ4n) is 2.20. The molecule has 0 fully saturated rings. The Kier molecular flexibility index (Phi) is 4.04. The van der Waals surface area contributed by atoms with E-state index in [9.17, 15) is 4.79 Å². The van der Waals surface area contributed by atoms with Crippen LogP contribution in [0.25, 0.3) is 11.4 Å². The molecule has 1 aromatic heterocycles. The molecule has 1 aromatic carbocycles. The lowest BCUT2D eigenvalue weighted by atomic mass is 9.92. The van der Waals surface area contributed by atoms with Crippen molar-refractivity contribution < 1.29 is 0 Å². The average Bonchev–Trinajstić information content (AvgIpc) is 2.29. The van der Waals surface area contributed by atoms with Crippen molar-refractivity contribution in [2.45, 2.75) is 40.0 Å². The van der Waals surface area contributed by atoms with Gasteiger partial charge in [0.1, 0.15) is 9.39 Å². The normalized spacial score (nSPS) is 11.7. The largest absolute Gasteiger partial charge is 0.306 e. The first-order valence-corrected chi connectivity index (χ1v) is 7.65. The van der Waals surface area contributed by atoms with Crippen LogP contribution in [0.2, 0.25) is 0 Å². The molecule has 4 heteroatoms. The van der Waals surface area contributed by atoms with Gasteiger partial charge in [-0.05, 0) is 48.6 Å². The minimum Gasteiger partial charge on any atom is -0.306 e. The van der Waals surface area contributed by atoms with Gasteiger partial charge in [-0.3, -0.25) is 4.79 Å². The summed E-state index contributed by atoms with van der Waals surface area (Å²) in [7, 11) is 0. The molecule has 2 aromatic rings. The smallest absolute Gasteiger partial charge is 0.264 e. The van der Waals surface area contributed by atoms with E-state index in [4.69, 9.17) is 4.98 Å². The summed E-state index contributed by atoms with van der Waals surface area (Å²) in [5.74, 6) is 0.646. The zero-order valence-electron chi connectivity index (χ0n) is 12.5. The number of halogens is 1. The Hall–Kier alpha value is -1.17. The molecule has 1 heterocycles. The van der Waals surface area contributed by atoms with Crippen LogP contribution in [0.15, 0.2) is 23.0 Å². The highest BCUT2D eigenvalue weighted by Crippen LogP contribution is 2.26. The molecule has 3 nitrogen and oxygen atoms in total. The monoisotopic (exact) mass is 382 g/mol. The van der Waals surface area contributed by atoms with E-state index in [0.29, 0.717) is 9.39 Å². The zero-order valence-corrected chi connectivity index (χ0v) is 14.6. The van der Waals surface area contributed by atoms with Crippen molar-refractivity contribution in [1.29, 1.82) is 0 Å². The molecule has 0 aliphatic carbocycles. The lowest BCUT2D eigenvalue weighted by Gasteiger charge is -2.19. The van der Waals surface area contributed by atoms with Gasteiger partial charge in [0.25, 0.3) is 5.56 Å². The van der Waals surface area contributed by atoms with E-state index in [1.54, 1.807) is 0 Å². The molecule has 0 aliphatic rings. The van der Waals surface area contributed by atoms with Crippen LogP contribution in [0.3, 0.4) is 0 Å². The second-order valence-electron chi connectivity index (χ2n) is 6.20. The quantitative estimate of drug-likeness (QED) is 0.759. The van der Waals surface area contributed by atoms with Crippen molar-refractivity contribution in [3.05, 3.63) is 48.9 Å². The number of aromatic nitrogens is 2. The van der Waals surface area contributed by atoms with Crippen molar-refractivity contribution in [1.82, 2.24) is 9.97 Å². The third kappa shape index (κ3) is 3.11. The minimum absolute atomic E-state index is 0.0697. The molecule has 106 valence electrons. The molecule has 0 unspecified atom stereocenters. The molecule has 0 spiro atoms. The van der Waals surface area contributed by atoms with Crippen LogP contribution >= 0.6 is 22.6 Å². The van der Waals surface area contributed by atoms with E-state index in [2.05, 4.69) is 54.4 Å².